The minimum absolute atomic E-state index is 0.0185. The molecule has 7 nitrogen and oxygen atoms in total. The highest BCUT2D eigenvalue weighted by Crippen LogP contribution is 2.35. The first-order valence-corrected chi connectivity index (χ1v) is 11.3. The number of amides is 1. The number of anilines is 1. The van der Waals surface area contributed by atoms with Crippen LogP contribution in [0.3, 0.4) is 0 Å². The lowest BCUT2D eigenvalue weighted by atomic mass is 9.81. The van der Waals surface area contributed by atoms with Gasteiger partial charge in [-0.15, -0.1) is 0 Å². The number of halogens is 3. The number of carboxylic acids is 1. The first kappa shape index (κ1) is 25.6. The zero-order valence-corrected chi connectivity index (χ0v) is 19.6. The van der Waals surface area contributed by atoms with Gasteiger partial charge >= 0.3 is 5.97 Å². The predicted molar refractivity (Wildman–Crippen MR) is 121 cm³/mol. The van der Waals surface area contributed by atoms with Crippen molar-refractivity contribution < 1.29 is 33.1 Å². The molecular weight excluding hydrogens is 470 g/mol. The summed E-state index contributed by atoms with van der Waals surface area (Å²) in [7, 11) is 0. The van der Waals surface area contributed by atoms with Crippen molar-refractivity contribution in [1.82, 2.24) is 4.57 Å². The minimum Gasteiger partial charge on any atom is -0.481 e. The molecule has 0 spiro atoms. The van der Waals surface area contributed by atoms with Crippen molar-refractivity contribution in [1.29, 1.82) is 0 Å². The average molecular weight is 495 g/mol. The van der Waals surface area contributed by atoms with Crippen LogP contribution in [0.15, 0.2) is 18.2 Å². The maximum Gasteiger partial charge on any atom is 0.303 e. The number of hydrogen-bond acceptors (Lipinski definition) is 4. The Bertz CT molecular complexity index is 1170. The van der Waals surface area contributed by atoms with Gasteiger partial charge in [0.1, 0.15) is 5.69 Å². The molecule has 10 heteroatoms. The third-order valence-electron chi connectivity index (χ3n) is 5.86. The van der Waals surface area contributed by atoms with Crippen molar-refractivity contribution in [3.63, 3.8) is 0 Å². The molecule has 0 unspecified atom stereocenters. The molecule has 0 atom stereocenters. The maximum absolute atomic E-state index is 13.5. The summed E-state index contributed by atoms with van der Waals surface area (Å²) in [5, 5.41) is 11.1. The summed E-state index contributed by atoms with van der Waals surface area (Å²) >= 11 is 6.44. The molecule has 0 fully saturated rings. The van der Waals surface area contributed by atoms with Crippen molar-refractivity contribution in [2.24, 2.45) is 5.41 Å². The van der Waals surface area contributed by atoms with Gasteiger partial charge < -0.3 is 15.0 Å². The second-order valence-electron chi connectivity index (χ2n) is 9.16. The van der Waals surface area contributed by atoms with Gasteiger partial charge in [0.15, 0.2) is 11.6 Å². The van der Waals surface area contributed by atoms with E-state index >= 15 is 0 Å². The van der Waals surface area contributed by atoms with Gasteiger partial charge in [-0.25, -0.2) is 8.78 Å². The fourth-order valence-electron chi connectivity index (χ4n) is 4.22. The SMILES string of the molecule is CC(C)(CCCC(=O)O)CC(=O)C(=O)c1c(Cl)c(C(=O)Nc2ccc(F)c(F)c2)c2n1CCC2. The van der Waals surface area contributed by atoms with Crippen molar-refractivity contribution in [3.8, 4) is 0 Å². The third kappa shape index (κ3) is 5.52. The van der Waals surface area contributed by atoms with Gasteiger partial charge in [0.2, 0.25) is 11.6 Å². The molecule has 2 N–H and O–H groups in total. The van der Waals surface area contributed by atoms with Crippen LogP contribution in [-0.2, 0) is 22.6 Å². The highest BCUT2D eigenvalue weighted by Gasteiger charge is 2.35. The number of aliphatic carboxylic acids is 1. The Morgan fingerprint density at radius 1 is 1.18 bits per heavy atom. The summed E-state index contributed by atoms with van der Waals surface area (Å²) in [6.07, 6.45) is 1.80. The second kappa shape index (κ2) is 10.0. The lowest BCUT2D eigenvalue weighted by Crippen LogP contribution is -2.25. The molecule has 1 aliphatic rings. The van der Waals surface area contributed by atoms with Gasteiger partial charge in [0, 0.05) is 36.8 Å². The summed E-state index contributed by atoms with van der Waals surface area (Å²) < 4.78 is 28.3. The number of hydrogen-bond donors (Lipinski definition) is 2. The Kier molecular flexibility index (Phi) is 7.55. The van der Waals surface area contributed by atoms with Crippen LogP contribution < -0.4 is 5.32 Å². The topological polar surface area (TPSA) is 105 Å². The van der Waals surface area contributed by atoms with Gasteiger partial charge in [-0.1, -0.05) is 25.4 Å². The van der Waals surface area contributed by atoms with E-state index in [2.05, 4.69) is 5.32 Å². The fraction of sp³-hybridized carbons (Fsp3) is 0.417. The van der Waals surface area contributed by atoms with Crippen LogP contribution in [0.25, 0.3) is 0 Å². The van der Waals surface area contributed by atoms with Crippen molar-refractivity contribution in [2.75, 3.05) is 5.32 Å². The predicted octanol–water partition coefficient (Wildman–Crippen LogP) is 5.04. The zero-order chi connectivity index (χ0) is 25.2. The van der Waals surface area contributed by atoms with Gasteiger partial charge in [0.25, 0.3) is 5.91 Å². The molecule has 0 saturated heterocycles. The van der Waals surface area contributed by atoms with Crippen LogP contribution in [0.4, 0.5) is 14.5 Å². The fourth-order valence-corrected chi connectivity index (χ4v) is 4.60. The largest absolute Gasteiger partial charge is 0.481 e. The number of carbonyl (C=O) groups excluding carboxylic acids is 3. The van der Waals surface area contributed by atoms with Crippen molar-refractivity contribution in [3.05, 3.63) is 51.8 Å². The van der Waals surface area contributed by atoms with E-state index in [-0.39, 0.29) is 34.8 Å². The molecule has 1 amide bonds. The molecule has 0 bridgehead atoms. The van der Waals surface area contributed by atoms with Crippen molar-refractivity contribution >= 4 is 40.7 Å². The molecule has 0 saturated carbocycles. The molecule has 3 rings (SSSR count). The van der Waals surface area contributed by atoms with E-state index in [9.17, 15) is 28.0 Å². The van der Waals surface area contributed by atoms with Crippen LogP contribution in [0.5, 0.6) is 0 Å². The molecule has 1 aromatic carbocycles. The zero-order valence-electron chi connectivity index (χ0n) is 18.8. The molecule has 2 aromatic rings. The third-order valence-corrected chi connectivity index (χ3v) is 6.23. The molecule has 34 heavy (non-hydrogen) atoms. The summed E-state index contributed by atoms with van der Waals surface area (Å²) in [5.74, 6) is -5.30. The standard InChI is InChI=1S/C24H25ClF2N2O5/c1-24(2,9-3-6-18(31)32)12-17(30)22(33)21-20(25)19(16-5-4-10-29(16)21)23(34)28-13-7-8-14(26)15(27)11-13/h7-8,11H,3-6,9-10,12H2,1-2H3,(H,28,34)(H,31,32). The van der Waals surface area contributed by atoms with Gasteiger partial charge in [-0.05, 0) is 43.2 Å². The highest BCUT2D eigenvalue weighted by molar-refractivity contribution is 6.48. The van der Waals surface area contributed by atoms with Gasteiger partial charge in [0.05, 0.1) is 10.6 Å². The van der Waals surface area contributed by atoms with E-state index in [4.69, 9.17) is 16.7 Å². The number of ketones is 2. The van der Waals surface area contributed by atoms with Gasteiger partial charge in [-0.3, -0.25) is 19.2 Å². The smallest absolute Gasteiger partial charge is 0.303 e. The van der Waals surface area contributed by atoms with E-state index in [0.717, 1.165) is 12.1 Å². The molecule has 182 valence electrons. The normalized spacial score (nSPS) is 13.0. The van der Waals surface area contributed by atoms with E-state index < -0.39 is 40.5 Å². The molecular formula is C24H25ClF2N2O5. The van der Waals surface area contributed by atoms with E-state index in [1.165, 1.54) is 6.07 Å². The van der Waals surface area contributed by atoms with Crippen LogP contribution in [0, 0.1) is 17.0 Å². The Balaban J connectivity index is 1.83. The van der Waals surface area contributed by atoms with Crippen LogP contribution in [0.2, 0.25) is 5.02 Å². The van der Waals surface area contributed by atoms with Crippen LogP contribution in [0.1, 0.15) is 72.5 Å². The number of nitrogens with one attached hydrogen (secondary N) is 1. The summed E-state index contributed by atoms with van der Waals surface area (Å²) in [5.41, 5.74) is -0.106. The quantitative estimate of drug-likeness (QED) is 0.355. The van der Waals surface area contributed by atoms with Crippen LogP contribution in [-0.4, -0.2) is 33.1 Å². The Morgan fingerprint density at radius 2 is 1.88 bits per heavy atom. The summed E-state index contributed by atoms with van der Waals surface area (Å²) in [4.78, 5) is 49.6. The number of fused-ring (bicyclic) bond motifs is 1. The van der Waals surface area contributed by atoms with Crippen molar-refractivity contribution in [2.45, 2.75) is 58.9 Å². The van der Waals surface area contributed by atoms with E-state index in [1.54, 1.807) is 18.4 Å². The average Bonchev–Trinajstić information content (AvgIpc) is 3.28. The van der Waals surface area contributed by atoms with Crippen LogP contribution >= 0.6 is 11.6 Å². The monoisotopic (exact) mass is 494 g/mol. The molecule has 1 aromatic heterocycles. The Morgan fingerprint density at radius 3 is 2.53 bits per heavy atom. The lowest BCUT2D eigenvalue weighted by Gasteiger charge is -2.23. The second-order valence-corrected chi connectivity index (χ2v) is 9.54. The van der Waals surface area contributed by atoms with E-state index in [1.807, 2.05) is 0 Å². The number of nitrogens with zero attached hydrogens (tertiary/aromatic N) is 1. The summed E-state index contributed by atoms with van der Waals surface area (Å²) in [6.45, 7) is 3.97. The first-order chi connectivity index (χ1) is 15.9. The highest BCUT2D eigenvalue weighted by atomic mass is 35.5. The maximum atomic E-state index is 13.5. The molecule has 0 radical (unpaired) electrons. The minimum atomic E-state index is -1.13. The molecule has 0 aliphatic carbocycles. The van der Waals surface area contributed by atoms with E-state index in [0.29, 0.717) is 37.9 Å². The number of carboxylic acid groups (broad SMARTS) is 1. The number of Topliss-reactive ketones (excluding diaryl/α,β-unsaturated/α-hetero) is 2. The van der Waals surface area contributed by atoms with Gasteiger partial charge in [-0.2, -0.15) is 0 Å². The molecule has 1 aliphatic heterocycles. The molecule has 2 heterocycles. The first-order valence-electron chi connectivity index (χ1n) is 10.9. The lowest BCUT2D eigenvalue weighted by molar-refractivity contribution is -0.137. The number of benzene rings is 1. The number of carbonyl (C=O) groups is 4. The Labute approximate surface area is 200 Å². The number of aromatic nitrogens is 1. The summed E-state index contributed by atoms with van der Waals surface area (Å²) in [6, 6.07) is 2.91. The Hall–Kier alpha value is -3.07. The number of rotatable bonds is 10.